The molecule has 4 heteroatoms. The summed E-state index contributed by atoms with van der Waals surface area (Å²) in [7, 11) is 1.48. The predicted molar refractivity (Wildman–Crippen MR) is 50.6 cm³/mol. The Balaban J connectivity index is 2.97. The molecule has 0 aromatic heterocycles. The third-order valence-corrected chi connectivity index (χ3v) is 1.70. The van der Waals surface area contributed by atoms with Gasteiger partial charge in [0.2, 0.25) is 0 Å². The SMILES string of the molecule is COCOc1cc(C)ccc1C(=O)O. The molecule has 0 aliphatic rings. The van der Waals surface area contributed by atoms with Crippen molar-refractivity contribution < 1.29 is 19.4 Å². The number of benzene rings is 1. The molecule has 0 aliphatic heterocycles. The fourth-order valence-electron chi connectivity index (χ4n) is 1.05. The minimum atomic E-state index is -1.00. The summed E-state index contributed by atoms with van der Waals surface area (Å²) in [5.41, 5.74) is 1.09. The number of hydrogen-bond donors (Lipinski definition) is 1. The predicted octanol–water partition coefficient (Wildman–Crippen LogP) is 1.68. The summed E-state index contributed by atoms with van der Waals surface area (Å²) >= 11 is 0. The van der Waals surface area contributed by atoms with E-state index in [9.17, 15) is 4.79 Å². The van der Waals surface area contributed by atoms with Crippen molar-refractivity contribution >= 4 is 5.97 Å². The maximum Gasteiger partial charge on any atom is 0.339 e. The van der Waals surface area contributed by atoms with E-state index in [0.29, 0.717) is 5.75 Å². The van der Waals surface area contributed by atoms with E-state index in [1.54, 1.807) is 12.1 Å². The monoisotopic (exact) mass is 196 g/mol. The molecule has 1 rings (SSSR count). The zero-order chi connectivity index (χ0) is 10.6. The average molecular weight is 196 g/mol. The van der Waals surface area contributed by atoms with Gasteiger partial charge in [0.05, 0.1) is 0 Å². The minimum Gasteiger partial charge on any atom is -0.478 e. The highest BCUT2D eigenvalue weighted by molar-refractivity contribution is 5.90. The summed E-state index contributed by atoms with van der Waals surface area (Å²) in [6.07, 6.45) is 0. The molecule has 0 aliphatic carbocycles. The fourth-order valence-corrected chi connectivity index (χ4v) is 1.05. The molecule has 14 heavy (non-hydrogen) atoms. The van der Waals surface area contributed by atoms with Crippen molar-refractivity contribution in [2.24, 2.45) is 0 Å². The molecule has 0 radical (unpaired) electrons. The third-order valence-electron chi connectivity index (χ3n) is 1.70. The standard InChI is InChI=1S/C10H12O4/c1-7-3-4-8(10(11)12)9(5-7)14-6-13-2/h3-5H,6H2,1-2H3,(H,11,12). The lowest BCUT2D eigenvalue weighted by Gasteiger charge is -2.08. The maximum absolute atomic E-state index is 10.8. The first kappa shape index (κ1) is 10.5. The molecule has 1 aromatic carbocycles. The van der Waals surface area contributed by atoms with Crippen molar-refractivity contribution in [1.82, 2.24) is 0 Å². The number of ether oxygens (including phenoxy) is 2. The average Bonchev–Trinajstić information content (AvgIpc) is 2.14. The summed E-state index contributed by atoms with van der Waals surface area (Å²) in [6, 6.07) is 4.91. The van der Waals surface area contributed by atoms with Gasteiger partial charge in [-0.25, -0.2) is 4.79 Å². The zero-order valence-corrected chi connectivity index (χ0v) is 8.11. The fraction of sp³-hybridized carbons (Fsp3) is 0.300. The number of carboxylic acids is 1. The molecule has 76 valence electrons. The molecule has 0 fully saturated rings. The Bertz CT molecular complexity index is 333. The van der Waals surface area contributed by atoms with Gasteiger partial charge in [0, 0.05) is 7.11 Å². The summed E-state index contributed by atoms with van der Waals surface area (Å²) in [5, 5.41) is 8.84. The largest absolute Gasteiger partial charge is 0.478 e. The number of rotatable bonds is 4. The lowest BCUT2D eigenvalue weighted by molar-refractivity contribution is 0.0483. The Morgan fingerprint density at radius 2 is 2.21 bits per heavy atom. The lowest BCUT2D eigenvalue weighted by atomic mass is 10.1. The highest BCUT2D eigenvalue weighted by Gasteiger charge is 2.10. The summed E-state index contributed by atoms with van der Waals surface area (Å²) in [6.45, 7) is 1.91. The highest BCUT2D eigenvalue weighted by atomic mass is 16.7. The van der Waals surface area contributed by atoms with Gasteiger partial charge in [-0.2, -0.15) is 0 Å². The molecule has 4 nitrogen and oxygen atoms in total. The first-order valence-corrected chi connectivity index (χ1v) is 4.11. The van der Waals surface area contributed by atoms with E-state index in [1.807, 2.05) is 6.92 Å². The number of methoxy groups -OCH3 is 1. The van der Waals surface area contributed by atoms with Gasteiger partial charge in [-0.15, -0.1) is 0 Å². The normalized spacial score (nSPS) is 9.86. The molecule has 1 aromatic rings. The zero-order valence-electron chi connectivity index (χ0n) is 8.11. The van der Waals surface area contributed by atoms with Crippen molar-refractivity contribution in [1.29, 1.82) is 0 Å². The van der Waals surface area contributed by atoms with Crippen LogP contribution in [0.2, 0.25) is 0 Å². The number of hydrogen-bond acceptors (Lipinski definition) is 3. The molecule has 1 N–H and O–H groups in total. The van der Waals surface area contributed by atoms with E-state index in [1.165, 1.54) is 13.2 Å². The molecule has 0 spiro atoms. The molecular formula is C10H12O4. The number of aryl methyl sites for hydroxylation is 1. The van der Waals surface area contributed by atoms with E-state index in [0.717, 1.165) is 5.56 Å². The van der Waals surface area contributed by atoms with Crippen LogP contribution in [-0.4, -0.2) is 25.0 Å². The summed E-state index contributed by atoms with van der Waals surface area (Å²) < 4.78 is 9.83. The van der Waals surface area contributed by atoms with Crippen LogP contribution < -0.4 is 4.74 Å². The topological polar surface area (TPSA) is 55.8 Å². The Kier molecular flexibility index (Phi) is 3.48. The molecule has 0 heterocycles. The summed E-state index contributed by atoms with van der Waals surface area (Å²) in [4.78, 5) is 10.8. The van der Waals surface area contributed by atoms with Gasteiger partial charge in [-0.05, 0) is 24.6 Å². The first-order valence-electron chi connectivity index (χ1n) is 4.11. The van der Waals surface area contributed by atoms with Gasteiger partial charge < -0.3 is 14.6 Å². The van der Waals surface area contributed by atoms with Gasteiger partial charge in [0.1, 0.15) is 11.3 Å². The third kappa shape index (κ3) is 2.47. The molecule has 0 amide bonds. The molecule has 0 bridgehead atoms. The Morgan fingerprint density at radius 3 is 2.79 bits per heavy atom. The van der Waals surface area contributed by atoms with Crippen LogP contribution in [0.15, 0.2) is 18.2 Å². The van der Waals surface area contributed by atoms with Crippen molar-refractivity contribution in [2.45, 2.75) is 6.92 Å². The molecule has 0 unspecified atom stereocenters. The quantitative estimate of drug-likeness (QED) is 0.744. The van der Waals surface area contributed by atoms with E-state index in [2.05, 4.69) is 0 Å². The van der Waals surface area contributed by atoms with Crippen LogP contribution >= 0.6 is 0 Å². The lowest BCUT2D eigenvalue weighted by Crippen LogP contribution is -2.05. The number of carbonyl (C=O) groups is 1. The maximum atomic E-state index is 10.8. The van der Waals surface area contributed by atoms with E-state index in [4.69, 9.17) is 14.6 Å². The van der Waals surface area contributed by atoms with Crippen LogP contribution in [0.5, 0.6) is 5.75 Å². The van der Waals surface area contributed by atoms with Crippen LogP contribution in [0.3, 0.4) is 0 Å². The molecule has 0 saturated carbocycles. The second kappa shape index (κ2) is 4.62. The molecule has 0 atom stereocenters. The van der Waals surface area contributed by atoms with Gasteiger partial charge in [0.25, 0.3) is 0 Å². The van der Waals surface area contributed by atoms with Crippen molar-refractivity contribution in [3.8, 4) is 5.75 Å². The van der Waals surface area contributed by atoms with Crippen molar-refractivity contribution in [3.05, 3.63) is 29.3 Å². The van der Waals surface area contributed by atoms with Crippen LogP contribution in [0.1, 0.15) is 15.9 Å². The van der Waals surface area contributed by atoms with Crippen LogP contribution in [0, 0.1) is 6.92 Å². The number of aromatic carboxylic acids is 1. The van der Waals surface area contributed by atoms with Crippen LogP contribution in [0.25, 0.3) is 0 Å². The Hall–Kier alpha value is -1.55. The van der Waals surface area contributed by atoms with E-state index >= 15 is 0 Å². The Labute approximate surface area is 82.1 Å². The molecular weight excluding hydrogens is 184 g/mol. The Morgan fingerprint density at radius 1 is 1.50 bits per heavy atom. The van der Waals surface area contributed by atoms with Crippen LogP contribution in [-0.2, 0) is 4.74 Å². The number of carboxylic acid groups (broad SMARTS) is 1. The summed E-state index contributed by atoms with van der Waals surface area (Å²) in [5.74, 6) is -0.671. The van der Waals surface area contributed by atoms with Gasteiger partial charge in [-0.1, -0.05) is 6.07 Å². The van der Waals surface area contributed by atoms with Gasteiger partial charge >= 0.3 is 5.97 Å². The van der Waals surface area contributed by atoms with Crippen LogP contribution in [0.4, 0.5) is 0 Å². The smallest absolute Gasteiger partial charge is 0.339 e. The second-order valence-corrected chi connectivity index (χ2v) is 2.86. The van der Waals surface area contributed by atoms with Gasteiger partial charge in [-0.3, -0.25) is 0 Å². The first-order chi connectivity index (χ1) is 6.65. The second-order valence-electron chi connectivity index (χ2n) is 2.86. The van der Waals surface area contributed by atoms with Crippen molar-refractivity contribution in [3.63, 3.8) is 0 Å². The van der Waals surface area contributed by atoms with Gasteiger partial charge in [0.15, 0.2) is 6.79 Å². The highest BCUT2D eigenvalue weighted by Crippen LogP contribution is 2.20. The van der Waals surface area contributed by atoms with Crippen molar-refractivity contribution in [2.75, 3.05) is 13.9 Å². The van der Waals surface area contributed by atoms with E-state index in [-0.39, 0.29) is 12.4 Å². The van der Waals surface area contributed by atoms with E-state index < -0.39 is 5.97 Å². The molecule has 0 saturated heterocycles. The minimum absolute atomic E-state index is 0.0454.